The number of aliphatic hydroxyl groups excluding tert-OH is 2. The second kappa shape index (κ2) is 17.1. The first-order chi connectivity index (χ1) is 26.0. The van der Waals surface area contributed by atoms with Crippen molar-refractivity contribution >= 4 is 39.4 Å². The number of piperidine rings is 1. The van der Waals surface area contributed by atoms with Gasteiger partial charge in [0.15, 0.2) is 0 Å². The number of esters is 2. The maximum Gasteiger partial charge on any atom is 0.334 e. The number of nitrogens with one attached hydrogen (secondary N) is 2. The summed E-state index contributed by atoms with van der Waals surface area (Å²) in [6.45, 7) is 6.02. The first-order valence-corrected chi connectivity index (χ1v) is 22.9. The minimum atomic E-state index is -1.05. The molecule has 1 saturated carbocycles. The van der Waals surface area contributed by atoms with Crippen LogP contribution >= 0.6 is 21.6 Å². The molecule has 5 saturated heterocycles. The van der Waals surface area contributed by atoms with Crippen LogP contribution in [0.2, 0.25) is 0 Å². The van der Waals surface area contributed by atoms with Crippen LogP contribution in [-0.4, -0.2) is 120 Å². The summed E-state index contributed by atoms with van der Waals surface area (Å²) < 4.78 is 20.4. The maximum absolute atomic E-state index is 14.2. The molecule has 1 spiro atoms. The topological polar surface area (TPSA) is 173 Å². The fraction of sp³-hybridized carbons (Fsp3) is 0.825. The number of rotatable bonds is 9. The summed E-state index contributed by atoms with van der Waals surface area (Å²) in [6, 6.07) is 0.214. The first kappa shape index (κ1) is 40.5. The lowest BCUT2D eigenvalue weighted by atomic mass is 9.56. The molecule has 302 valence electrons. The van der Waals surface area contributed by atoms with Gasteiger partial charge in [-0.3, -0.25) is 9.59 Å². The molecule has 0 aromatic rings. The Labute approximate surface area is 328 Å². The van der Waals surface area contributed by atoms with Gasteiger partial charge < -0.3 is 45.7 Å². The monoisotopic (exact) mass is 790 g/mol. The standard InChI is InChI=1S/C40H62N4O8S2/c1-4-23(8-11-46)38(49)52-39(2)9-7-25-21-53-54-22-31-29(18-42-3)20-44(31)35(47)14-28-19-43-34(41)15-30(28)36(25)40(39)17-27-13-26-12-24(6-5-10-45)37(48)50-32(26)16-33(27)51-40/h4,7,24,26-34,36,42-43,45-46H,5-6,8-22,41H2,1-3H3/t24?,26?,27?,28?,29-,30?,31-,32?,33?,34?,36-,39+,40+/m1/s1. The fourth-order valence-electron chi connectivity index (χ4n) is 11.3. The van der Waals surface area contributed by atoms with E-state index in [2.05, 4.69) is 21.6 Å². The van der Waals surface area contributed by atoms with Gasteiger partial charge in [-0.1, -0.05) is 39.3 Å². The van der Waals surface area contributed by atoms with Crippen LogP contribution in [0.4, 0.5) is 0 Å². The Morgan fingerprint density at radius 1 is 1.15 bits per heavy atom. The van der Waals surface area contributed by atoms with E-state index in [0.29, 0.717) is 63.0 Å². The van der Waals surface area contributed by atoms with Gasteiger partial charge in [-0.25, -0.2) is 4.79 Å². The molecule has 54 heavy (non-hydrogen) atoms. The zero-order chi connectivity index (χ0) is 38.2. The highest BCUT2D eigenvalue weighted by Crippen LogP contribution is 2.62. The number of fused-ring (bicyclic) bond motifs is 7. The van der Waals surface area contributed by atoms with Crippen LogP contribution < -0.4 is 16.4 Å². The first-order valence-electron chi connectivity index (χ1n) is 20.4. The SMILES string of the molecule is CC=C(CCO)C(=O)O[C@@]1(C)CC=C2CSSC[C@@H]3[C@H](CNC)CN3C(=O)CC3CNC(N)CC3[C@@H]2[C@@]12CC1CC3CC(CCCO)C(=O)OC3CC1O2. The number of ether oxygens (including phenoxy) is 3. The zero-order valence-electron chi connectivity index (χ0n) is 32.2. The van der Waals surface area contributed by atoms with Crippen LogP contribution in [0.15, 0.2) is 23.3 Å². The third kappa shape index (κ3) is 7.68. The van der Waals surface area contributed by atoms with Crippen LogP contribution in [0.25, 0.3) is 0 Å². The lowest BCUT2D eigenvalue weighted by Gasteiger charge is -2.57. The Morgan fingerprint density at radius 3 is 2.74 bits per heavy atom. The highest BCUT2D eigenvalue weighted by atomic mass is 33.1. The van der Waals surface area contributed by atoms with Crippen molar-refractivity contribution in [3.05, 3.63) is 23.3 Å². The summed E-state index contributed by atoms with van der Waals surface area (Å²) in [5.74, 6) is 1.70. The van der Waals surface area contributed by atoms with Gasteiger partial charge in [-0.15, -0.1) is 0 Å². The Balaban J connectivity index is 1.26. The minimum Gasteiger partial charge on any atom is -0.462 e. The molecule has 7 rings (SSSR count). The van der Waals surface area contributed by atoms with E-state index < -0.39 is 17.2 Å². The molecule has 7 aliphatic rings. The van der Waals surface area contributed by atoms with Gasteiger partial charge in [0, 0.05) is 93.5 Å². The van der Waals surface area contributed by atoms with Gasteiger partial charge in [-0.2, -0.15) is 0 Å². The van der Waals surface area contributed by atoms with Crippen molar-refractivity contribution < 1.29 is 38.8 Å². The molecule has 6 fully saturated rings. The summed E-state index contributed by atoms with van der Waals surface area (Å²) in [7, 11) is 5.66. The van der Waals surface area contributed by atoms with E-state index in [1.165, 1.54) is 5.57 Å². The third-order valence-electron chi connectivity index (χ3n) is 14.2. The van der Waals surface area contributed by atoms with Crippen LogP contribution in [-0.2, 0) is 28.6 Å². The Hall–Kier alpha value is -1.65. The van der Waals surface area contributed by atoms with Gasteiger partial charge in [0.05, 0.1) is 18.2 Å². The maximum atomic E-state index is 14.2. The minimum absolute atomic E-state index is 0.00393. The highest BCUT2D eigenvalue weighted by molar-refractivity contribution is 8.76. The second-order valence-corrected chi connectivity index (χ2v) is 19.7. The number of allylic oxidation sites excluding steroid dienone is 1. The van der Waals surface area contributed by atoms with Crippen molar-refractivity contribution in [1.82, 2.24) is 15.5 Å². The molecule has 8 unspecified atom stereocenters. The fourth-order valence-corrected chi connectivity index (χ4v) is 13.9. The van der Waals surface area contributed by atoms with E-state index in [4.69, 9.17) is 19.9 Å². The smallest absolute Gasteiger partial charge is 0.334 e. The highest BCUT2D eigenvalue weighted by Gasteiger charge is 2.68. The van der Waals surface area contributed by atoms with Gasteiger partial charge in [0.2, 0.25) is 5.91 Å². The van der Waals surface area contributed by atoms with Crippen LogP contribution in [0.3, 0.4) is 0 Å². The van der Waals surface area contributed by atoms with E-state index in [9.17, 15) is 24.6 Å². The van der Waals surface area contributed by atoms with Gasteiger partial charge in [0.25, 0.3) is 0 Å². The lowest BCUT2D eigenvalue weighted by molar-refractivity contribution is -0.230. The van der Waals surface area contributed by atoms with Gasteiger partial charge in [-0.05, 0) is 83.1 Å². The molecule has 5 heterocycles. The largest absolute Gasteiger partial charge is 0.462 e. The number of carbonyl (C=O) groups excluding carboxylic acids is 3. The molecule has 13 atom stereocenters. The molecular formula is C40H62N4O8S2. The molecule has 0 radical (unpaired) electrons. The molecule has 6 N–H and O–H groups in total. The predicted octanol–water partition coefficient (Wildman–Crippen LogP) is 3.16. The Morgan fingerprint density at radius 2 is 1.98 bits per heavy atom. The Bertz CT molecular complexity index is 1470. The van der Waals surface area contributed by atoms with E-state index >= 15 is 0 Å². The number of hydrogen-bond donors (Lipinski definition) is 5. The molecule has 5 aliphatic heterocycles. The molecule has 0 aromatic carbocycles. The van der Waals surface area contributed by atoms with E-state index in [-0.39, 0.29) is 91.4 Å². The summed E-state index contributed by atoms with van der Waals surface area (Å²) in [4.78, 5) is 43.4. The average molecular weight is 791 g/mol. The number of aliphatic hydroxyl groups is 2. The zero-order valence-corrected chi connectivity index (χ0v) is 33.8. The van der Waals surface area contributed by atoms with E-state index in [1.54, 1.807) is 13.0 Å². The molecule has 12 nitrogen and oxygen atoms in total. The molecule has 2 aliphatic carbocycles. The van der Waals surface area contributed by atoms with Crippen molar-refractivity contribution in [2.24, 2.45) is 47.2 Å². The number of nitrogens with zero attached hydrogens (tertiary/aromatic N) is 1. The van der Waals surface area contributed by atoms with E-state index in [1.807, 2.05) is 35.6 Å². The van der Waals surface area contributed by atoms with Crippen LogP contribution in [0.5, 0.6) is 0 Å². The normalized spacial score (nSPS) is 42.5. The number of amides is 1. The van der Waals surface area contributed by atoms with Crippen molar-refractivity contribution in [3.8, 4) is 0 Å². The van der Waals surface area contributed by atoms with Crippen LogP contribution in [0, 0.1) is 41.4 Å². The van der Waals surface area contributed by atoms with Crippen LogP contribution in [0.1, 0.15) is 78.1 Å². The summed E-state index contributed by atoms with van der Waals surface area (Å²) in [6.07, 6.45) is 9.19. The van der Waals surface area contributed by atoms with Crippen molar-refractivity contribution in [2.45, 2.75) is 114 Å². The molecule has 1 amide bonds. The Kier molecular flexibility index (Phi) is 12.8. The van der Waals surface area contributed by atoms with Crippen molar-refractivity contribution in [3.63, 3.8) is 0 Å². The number of carbonyl (C=O) groups is 3. The molecular weight excluding hydrogens is 729 g/mol. The summed E-state index contributed by atoms with van der Waals surface area (Å²) >= 11 is 0. The second-order valence-electron chi connectivity index (χ2n) is 17.2. The predicted molar refractivity (Wildman–Crippen MR) is 209 cm³/mol. The van der Waals surface area contributed by atoms with Crippen molar-refractivity contribution in [2.75, 3.05) is 51.4 Å². The quantitative estimate of drug-likeness (QED) is 0.1000. The molecule has 0 aromatic heterocycles. The summed E-state index contributed by atoms with van der Waals surface area (Å²) in [5, 5.41) is 26.1. The number of nitrogens with two attached hydrogens (primary N) is 1. The average Bonchev–Trinajstić information content (AvgIpc) is 3.51. The summed E-state index contributed by atoms with van der Waals surface area (Å²) in [5.41, 5.74) is 6.50. The van der Waals surface area contributed by atoms with Gasteiger partial charge >= 0.3 is 11.9 Å². The van der Waals surface area contributed by atoms with E-state index in [0.717, 1.165) is 37.4 Å². The molecule has 0 bridgehead atoms. The van der Waals surface area contributed by atoms with Gasteiger partial charge in [0.1, 0.15) is 17.3 Å². The number of hydrogen-bond acceptors (Lipinski definition) is 13. The third-order valence-corrected chi connectivity index (χ3v) is 16.5. The lowest BCUT2D eigenvalue weighted by Crippen LogP contribution is -2.66. The molecule has 14 heteroatoms. The van der Waals surface area contributed by atoms with Crippen molar-refractivity contribution in [1.29, 1.82) is 0 Å².